The van der Waals surface area contributed by atoms with Gasteiger partial charge in [-0.1, -0.05) is 17.8 Å². The molecule has 0 radical (unpaired) electrons. The highest BCUT2D eigenvalue weighted by Gasteiger charge is 2.15. The van der Waals surface area contributed by atoms with Gasteiger partial charge in [-0.25, -0.2) is 8.78 Å². The molecular weight excluding hydrogens is 348 g/mol. The predicted octanol–water partition coefficient (Wildman–Crippen LogP) is 2.89. The van der Waals surface area contributed by atoms with Crippen LogP contribution in [-0.2, 0) is 11.8 Å². The molecule has 0 unspecified atom stereocenters. The molecule has 0 aliphatic rings. The highest BCUT2D eigenvalue weighted by Crippen LogP contribution is 2.23. The highest BCUT2D eigenvalue weighted by atomic mass is 32.2. The van der Waals surface area contributed by atoms with E-state index in [1.165, 1.54) is 6.07 Å². The number of rotatable bonds is 5. The molecule has 0 spiro atoms. The molecule has 1 amide bonds. The van der Waals surface area contributed by atoms with E-state index in [1.807, 2.05) is 0 Å². The maximum atomic E-state index is 13.5. The lowest BCUT2D eigenvalue weighted by molar-refractivity contribution is -0.113. The molecule has 0 saturated heterocycles. The van der Waals surface area contributed by atoms with Gasteiger partial charge in [0.25, 0.3) is 0 Å². The zero-order valence-corrected chi connectivity index (χ0v) is 13.9. The summed E-state index contributed by atoms with van der Waals surface area (Å²) in [5, 5.41) is 10.9. The highest BCUT2D eigenvalue weighted by molar-refractivity contribution is 7.99. The molecule has 25 heavy (non-hydrogen) atoms. The minimum absolute atomic E-state index is 0.0594. The van der Waals surface area contributed by atoms with Crippen LogP contribution in [0, 0.1) is 11.6 Å². The van der Waals surface area contributed by atoms with Crippen molar-refractivity contribution in [2.75, 3.05) is 11.1 Å². The number of hydrogen-bond acceptors (Lipinski definition) is 5. The van der Waals surface area contributed by atoms with E-state index >= 15 is 0 Å². The van der Waals surface area contributed by atoms with Gasteiger partial charge in [0.15, 0.2) is 11.0 Å². The van der Waals surface area contributed by atoms with E-state index in [9.17, 15) is 13.6 Å². The summed E-state index contributed by atoms with van der Waals surface area (Å²) in [6.07, 6.45) is 3.29. The molecule has 3 rings (SSSR count). The van der Waals surface area contributed by atoms with Gasteiger partial charge in [0.1, 0.15) is 17.3 Å². The van der Waals surface area contributed by atoms with Gasteiger partial charge in [-0.3, -0.25) is 9.78 Å². The average molecular weight is 361 g/mol. The molecule has 0 aliphatic heterocycles. The Morgan fingerprint density at radius 3 is 2.52 bits per heavy atom. The second-order valence-corrected chi connectivity index (χ2v) is 5.98. The molecule has 2 aromatic heterocycles. The number of nitrogens with zero attached hydrogens (tertiary/aromatic N) is 4. The maximum absolute atomic E-state index is 13.5. The first-order chi connectivity index (χ1) is 12.1. The van der Waals surface area contributed by atoms with Crippen molar-refractivity contribution in [1.82, 2.24) is 19.7 Å². The summed E-state index contributed by atoms with van der Waals surface area (Å²) in [6, 6.07) is 6.98. The molecule has 2 heterocycles. The Labute approximate surface area is 146 Å². The van der Waals surface area contributed by atoms with Crippen LogP contribution in [0.2, 0.25) is 0 Å². The van der Waals surface area contributed by atoms with Crippen molar-refractivity contribution >= 4 is 23.4 Å². The SMILES string of the molecule is Cn1c(SCC(=O)Nc2c(F)cccc2F)nnc1-c1ccncc1. The van der Waals surface area contributed by atoms with Crippen molar-refractivity contribution in [2.24, 2.45) is 7.05 Å². The van der Waals surface area contributed by atoms with Gasteiger partial charge in [0.05, 0.1) is 5.75 Å². The Morgan fingerprint density at radius 1 is 1.16 bits per heavy atom. The molecule has 9 heteroatoms. The van der Waals surface area contributed by atoms with Gasteiger partial charge >= 0.3 is 0 Å². The molecule has 0 fully saturated rings. The first kappa shape index (κ1) is 17.0. The third kappa shape index (κ3) is 3.82. The molecule has 0 bridgehead atoms. The van der Waals surface area contributed by atoms with Crippen LogP contribution in [0.3, 0.4) is 0 Å². The quantitative estimate of drug-likeness (QED) is 0.708. The summed E-state index contributed by atoms with van der Waals surface area (Å²) in [7, 11) is 1.77. The zero-order valence-electron chi connectivity index (χ0n) is 13.1. The molecule has 128 valence electrons. The molecule has 0 saturated carbocycles. The van der Waals surface area contributed by atoms with Gasteiger partial charge < -0.3 is 9.88 Å². The minimum Gasteiger partial charge on any atom is -0.320 e. The number of nitrogens with one attached hydrogen (secondary N) is 1. The Kier molecular flexibility index (Phi) is 5.03. The van der Waals surface area contributed by atoms with E-state index in [-0.39, 0.29) is 5.75 Å². The van der Waals surface area contributed by atoms with Crippen LogP contribution in [0.4, 0.5) is 14.5 Å². The van der Waals surface area contributed by atoms with Crippen LogP contribution < -0.4 is 5.32 Å². The second-order valence-electron chi connectivity index (χ2n) is 5.03. The van der Waals surface area contributed by atoms with Crippen LogP contribution in [-0.4, -0.2) is 31.4 Å². The van der Waals surface area contributed by atoms with Crippen molar-refractivity contribution in [1.29, 1.82) is 0 Å². The summed E-state index contributed by atoms with van der Waals surface area (Å²) in [6.45, 7) is 0. The topological polar surface area (TPSA) is 72.7 Å². The van der Waals surface area contributed by atoms with E-state index in [4.69, 9.17) is 0 Å². The number of hydrogen-bond donors (Lipinski definition) is 1. The molecule has 0 aliphatic carbocycles. The van der Waals surface area contributed by atoms with Gasteiger partial charge in [-0.05, 0) is 24.3 Å². The lowest BCUT2D eigenvalue weighted by Crippen LogP contribution is -2.16. The predicted molar refractivity (Wildman–Crippen MR) is 89.9 cm³/mol. The lowest BCUT2D eigenvalue weighted by atomic mass is 10.2. The minimum atomic E-state index is -0.822. The summed E-state index contributed by atoms with van der Waals surface area (Å²) in [5.74, 6) is -1.61. The summed E-state index contributed by atoms with van der Waals surface area (Å²) in [4.78, 5) is 15.9. The monoisotopic (exact) mass is 361 g/mol. The first-order valence-corrected chi connectivity index (χ1v) is 8.21. The molecule has 6 nitrogen and oxygen atoms in total. The summed E-state index contributed by atoms with van der Waals surface area (Å²) < 4.78 is 28.8. The first-order valence-electron chi connectivity index (χ1n) is 7.22. The van der Waals surface area contributed by atoms with Gasteiger partial charge in [-0.2, -0.15) is 0 Å². The Bertz CT molecular complexity index is 881. The number of thioether (sulfide) groups is 1. The smallest absolute Gasteiger partial charge is 0.235 e. The number of halogens is 2. The van der Waals surface area contributed by atoms with Crippen LogP contribution in [0.5, 0.6) is 0 Å². The van der Waals surface area contributed by atoms with Crippen molar-refractivity contribution < 1.29 is 13.6 Å². The van der Waals surface area contributed by atoms with Gasteiger partial charge in [-0.15, -0.1) is 10.2 Å². The molecule has 3 aromatic rings. The van der Waals surface area contributed by atoms with Gasteiger partial charge in [0.2, 0.25) is 5.91 Å². The van der Waals surface area contributed by atoms with Crippen LogP contribution >= 0.6 is 11.8 Å². The van der Waals surface area contributed by atoms with Crippen molar-refractivity contribution in [3.8, 4) is 11.4 Å². The maximum Gasteiger partial charge on any atom is 0.235 e. The Morgan fingerprint density at radius 2 is 1.84 bits per heavy atom. The Hall–Kier alpha value is -2.81. The number of carbonyl (C=O) groups excluding carboxylic acids is 1. The van der Waals surface area contributed by atoms with E-state index in [2.05, 4.69) is 20.5 Å². The average Bonchev–Trinajstić information content (AvgIpc) is 2.98. The normalized spacial score (nSPS) is 10.7. The molecule has 1 N–H and O–H groups in total. The van der Waals surface area contributed by atoms with Crippen LogP contribution in [0.25, 0.3) is 11.4 Å². The number of para-hydroxylation sites is 1. The van der Waals surface area contributed by atoms with E-state index in [1.54, 1.807) is 36.1 Å². The van der Waals surface area contributed by atoms with Crippen molar-refractivity contribution in [3.63, 3.8) is 0 Å². The third-order valence-electron chi connectivity index (χ3n) is 3.33. The Balaban J connectivity index is 1.66. The fourth-order valence-corrected chi connectivity index (χ4v) is 2.83. The largest absolute Gasteiger partial charge is 0.320 e. The zero-order chi connectivity index (χ0) is 17.8. The number of pyridine rings is 1. The third-order valence-corrected chi connectivity index (χ3v) is 4.35. The fraction of sp³-hybridized carbons (Fsp3) is 0.125. The van der Waals surface area contributed by atoms with E-state index < -0.39 is 23.2 Å². The van der Waals surface area contributed by atoms with Crippen molar-refractivity contribution in [3.05, 3.63) is 54.4 Å². The number of aromatic nitrogens is 4. The van der Waals surface area contributed by atoms with Crippen LogP contribution in [0.15, 0.2) is 47.9 Å². The molecular formula is C16H13F2N5OS. The number of benzene rings is 1. The van der Waals surface area contributed by atoms with E-state index in [0.29, 0.717) is 11.0 Å². The summed E-state index contributed by atoms with van der Waals surface area (Å²) >= 11 is 1.12. The second kappa shape index (κ2) is 7.39. The van der Waals surface area contributed by atoms with Gasteiger partial charge in [0, 0.05) is 25.0 Å². The van der Waals surface area contributed by atoms with E-state index in [0.717, 1.165) is 29.5 Å². The summed E-state index contributed by atoms with van der Waals surface area (Å²) in [5.41, 5.74) is 0.387. The number of amides is 1. The number of anilines is 1. The molecule has 1 aromatic carbocycles. The number of carbonyl (C=O) groups is 1. The van der Waals surface area contributed by atoms with Crippen LogP contribution in [0.1, 0.15) is 0 Å². The molecule has 0 atom stereocenters. The van der Waals surface area contributed by atoms with Crippen molar-refractivity contribution in [2.45, 2.75) is 5.16 Å². The standard InChI is InChI=1S/C16H13F2N5OS/c1-23-15(10-5-7-19-8-6-10)21-22-16(23)25-9-13(24)20-14-11(17)3-2-4-12(14)18/h2-8H,9H2,1H3,(H,20,24). The fourth-order valence-electron chi connectivity index (χ4n) is 2.12. The lowest BCUT2D eigenvalue weighted by Gasteiger charge is -2.07.